The van der Waals surface area contributed by atoms with Gasteiger partial charge >= 0.3 is 0 Å². The van der Waals surface area contributed by atoms with E-state index in [4.69, 9.17) is 5.11 Å². The summed E-state index contributed by atoms with van der Waals surface area (Å²) in [4.78, 5) is 20.5. The lowest BCUT2D eigenvalue weighted by atomic mass is 9.82. The zero-order valence-electron chi connectivity index (χ0n) is 20.2. The fourth-order valence-corrected chi connectivity index (χ4v) is 1.87. The van der Waals surface area contributed by atoms with E-state index in [1.165, 1.54) is 19.3 Å². The van der Waals surface area contributed by atoms with Crippen molar-refractivity contribution in [1.29, 1.82) is 0 Å². The molecule has 162 valence electrons. The molecule has 0 bridgehead atoms. The van der Waals surface area contributed by atoms with Gasteiger partial charge in [0.25, 0.3) is 0 Å². The number of hydrogen-bond donors (Lipinski definition) is 1. The van der Waals surface area contributed by atoms with Crippen LogP contribution in [0, 0.1) is 23.7 Å². The van der Waals surface area contributed by atoms with Crippen LogP contribution in [0.1, 0.15) is 108 Å². The van der Waals surface area contributed by atoms with Crippen molar-refractivity contribution in [1.82, 2.24) is 0 Å². The second-order valence-electron chi connectivity index (χ2n) is 6.92. The van der Waals surface area contributed by atoms with E-state index >= 15 is 0 Å². The molecule has 0 aliphatic heterocycles. The van der Waals surface area contributed by atoms with Crippen molar-refractivity contribution >= 4 is 12.1 Å². The SMILES string of the molecule is CC.CC(=O)CC(C)C.CCCC.CC[C@H](C)[C@H](C)[C@H](C)CC=O.CO. The van der Waals surface area contributed by atoms with Gasteiger partial charge in [0, 0.05) is 20.0 Å². The molecule has 3 nitrogen and oxygen atoms in total. The third-order valence-corrected chi connectivity index (χ3v) is 4.10. The van der Waals surface area contributed by atoms with Crippen LogP contribution in [0.5, 0.6) is 0 Å². The molecule has 0 rings (SSSR count). The molecule has 26 heavy (non-hydrogen) atoms. The number of aliphatic hydroxyl groups excluding tert-OH is 1. The van der Waals surface area contributed by atoms with Crippen LogP contribution < -0.4 is 0 Å². The highest BCUT2D eigenvalue weighted by Gasteiger charge is 2.16. The highest BCUT2D eigenvalue weighted by atomic mass is 16.2. The first-order valence-electron chi connectivity index (χ1n) is 10.5. The Morgan fingerprint density at radius 2 is 1.27 bits per heavy atom. The van der Waals surface area contributed by atoms with Gasteiger partial charge in [-0.15, -0.1) is 0 Å². The summed E-state index contributed by atoms with van der Waals surface area (Å²) in [6.07, 6.45) is 6.32. The third kappa shape index (κ3) is 38.7. The van der Waals surface area contributed by atoms with Gasteiger partial charge in [0.05, 0.1) is 0 Å². The van der Waals surface area contributed by atoms with Gasteiger partial charge in [0.1, 0.15) is 12.1 Å². The summed E-state index contributed by atoms with van der Waals surface area (Å²) in [6.45, 7) is 22.9. The van der Waals surface area contributed by atoms with Crippen LogP contribution in [0.2, 0.25) is 0 Å². The third-order valence-electron chi connectivity index (χ3n) is 4.10. The van der Waals surface area contributed by atoms with Gasteiger partial charge in [0.2, 0.25) is 0 Å². The van der Waals surface area contributed by atoms with Crippen LogP contribution in [0.4, 0.5) is 0 Å². The summed E-state index contributed by atoms with van der Waals surface area (Å²) in [5, 5.41) is 7.00. The molecule has 0 saturated carbocycles. The Bertz CT molecular complexity index is 248. The van der Waals surface area contributed by atoms with E-state index in [0.29, 0.717) is 24.2 Å². The van der Waals surface area contributed by atoms with Crippen LogP contribution in [0.15, 0.2) is 0 Å². The fourth-order valence-electron chi connectivity index (χ4n) is 1.87. The molecule has 1 N–H and O–H groups in total. The predicted molar refractivity (Wildman–Crippen MR) is 119 cm³/mol. The molecule has 0 aromatic carbocycles. The van der Waals surface area contributed by atoms with E-state index in [0.717, 1.165) is 25.7 Å². The lowest BCUT2D eigenvalue weighted by Crippen LogP contribution is -2.16. The van der Waals surface area contributed by atoms with Gasteiger partial charge in [-0.05, 0) is 30.6 Å². The van der Waals surface area contributed by atoms with Crippen LogP contribution in [0.3, 0.4) is 0 Å². The molecule has 0 radical (unpaired) electrons. The molecule has 0 heterocycles. The molecule has 0 spiro atoms. The minimum absolute atomic E-state index is 0.287. The summed E-state index contributed by atoms with van der Waals surface area (Å²) in [7, 11) is 1.00. The van der Waals surface area contributed by atoms with Gasteiger partial charge in [-0.25, -0.2) is 0 Å². The van der Waals surface area contributed by atoms with E-state index in [1.54, 1.807) is 6.92 Å². The highest BCUT2D eigenvalue weighted by Crippen LogP contribution is 2.24. The number of hydrogen-bond acceptors (Lipinski definition) is 3. The number of carbonyl (C=O) groups excluding carboxylic acids is 2. The van der Waals surface area contributed by atoms with E-state index in [9.17, 15) is 9.59 Å². The summed E-state index contributed by atoms with van der Waals surface area (Å²) < 4.78 is 0. The summed E-state index contributed by atoms with van der Waals surface area (Å²) in [5.41, 5.74) is 0. The summed E-state index contributed by atoms with van der Waals surface area (Å²) in [6, 6.07) is 0. The highest BCUT2D eigenvalue weighted by molar-refractivity contribution is 5.75. The molecule has 0 aliphatic carbocycles. The Balaban J connectivity index is -0.0000000842. The van der Waals surface area contributed by atoms with E-state index < -0.39 is 0 Å². The molecule has 3 atom stereocenters. The van der Waals surface area contributed by atoms with Crippen molar-refractivity contribution in [3.63, 3.8) is 0 Å². The second-order valence-corrected chi connectivity index (χ2v) is 6.92. The Kier molecular flexibility index (Phi) is 44.6. The molecule has 0 aromatic rings. The Hall–Kier alpha value is -0.700. The average molecular weight is 377 g/mol. The molecule has 0 saturated heterocycles. The molecule has 0 amide bonds. The summed E-state index contributed by atoms with van der Waals surface area (Å²) >= 11 is 0. The monoisotopic (exact) mass is 376 g/mol. The van der Waals surface area contributed by atoms with Crippen LogP contribution in [-0.4, -0.2) is 24.3 Å². The first kappa shape index (κ1) is 36.3. The van der Waals surface area contributed by atoms with Crippen LogP contribution in [-0.2, 0) is 9.59 Å². The first-order valence-corrected chi connectivity index (χ1v) is 10.5. The van der Waals surface area contributed by atoms with Crippen molar-refractivity contribution in [2.24, 2.45) is 23.7 Å². The molecule has 0 fully saturated rings. The van der Waals surface area contributed by atoms with Crippen molar-refractivity contribution in [2.75, 3.05) is 7.11 Å². The maximum Gasteiger partial charge on any atom is 0.130 e. The van der Waals surface area contributed by atoms with Crippen molar-refractivity contribution in [2.45, 2.75) is 108 Å². The molecule has 0 unspecified atom stereocenters. The normalized spacial score (nSPS) is 12.2. The average Bonchev–Trinajstić information content (AvgIpc) is 2.63. The molecule has 0 aliphatic rings. The second kappa shape index (κ2) is 32.0. The largest absolute Gasteiger partial charge is 0.400 e. The van der Waals surface area contributed by atoms with Gasteiger partial charge < -0.3 is 14.7 Å². The van der Waals surface area contributed by atoms with Gasteiger partial charge in [-0.2, -0.15) is 0 Å². The van der Waals surface area contributed by atoms with E-state index in [-0.39, 0.29) is 5.78 Å². The van der Waals surface area contributed by atoms with Crippen molar-refractivity contribution in [3.05, 3.63) is 0 Å². The van der Waals surface area contributed by atoms with E-state index in [1.807, 2.05) is 27.7 Å². The smallest absolute Gasteiger partial charge is 0.130 e. The van der Waals surface area contributed by atoms with Crippen molar-refractivity contribution in [3.8, 4) is 0 Å². The molecular formula is C23H52O3. The number of Topliss-reactive ketones (excluding diaryl/α,β-unsaturated/α-hetero) is 1. The standard InChI is InChI=1S/C10H20O.C6H12O.C4H10.C2H6.CH4O/c1-5-8(2)10(4)9(3)6-7-11;1-5(2)4-6(3)7;1-3-4-2;2*1-2/h7-10H,5-6H2,1-4H3;5H,4H2,1-3H3;3-4H2,1-2H3;1-2H3;2H,1H3/t8-,9+,10-;;;;/m0..../s1. The lowest BCUT2D eigenvalue weighted by molar-refractivity contribution is -0.117. The Morgan fingerprint density at radius 1 is 0.885 bits per heavy atom. The Morgan fingerprint density at radius 3 is 1.42 bits per heavy atom. The van der Waals surface area contributed by atoms with Gasteiger partial charge in [-0.3, -0.25) is 0 Å². The number of aldehydes is 1. The van der Waals surface area contributed by atoms with E-state index in [2.05, 4.69) is 41.5 Å². The zero-order valence-corrected chi connectivity index (χ0v) is 20.2. The molecular weight excluding hydrogens is 324 g/mol. The zero-order chi connectivity index (χ0) is 22.1. The van der Waals surface area contributed by atoms with Gasteiger partial charge in [0.15, 0.2) is 0 Å². The fraction of sp³-hybridized carbons (Fsp3) is 0.913. The lowest BCUT2D eigenvalue weighted by Gasteiger charge is -2.23. The first-order chi connectivity index (χ1) is 12.2. The maximum atomic E-state index is 10.3. The minimum Gasteiger partial charge on any atom is -0.400 e. The Labute approximate surface area is 166 Å². The number of unbranched alkanes of at least 4 members (excludes halogenated alkanes) is 1. The quantitative estimate of drug-likeness (QED) is 0.466. The van der Waals surface area contributed by atoms with Gasteiger partial charge in [-0.1, -0.05) is 88.5 Å². The molecule has 0 aromatic heterocycles. The summed E-state index contributed by atoms with van der Waals surface area (Å²) in [5.74, 6) is 2.77. The topological polar surface area (TPSA) is 54.4 Å². The maximum absolute atomic E-state index is 10.3. The number of ketones is 1. The van der Waals surface area contributed by atoms with Crippen LogP contribution in [0.25, 0.3) is 0 Å². The molecule has 3 heteroatoms. The van der Waals surface area contributed by atoms with Crippen molar-refractivity contribution < 1.29 is 14.7 Å². The number of rotatable bonds is 8. The minimum atomic E-state index is 0.287. The number of aliphatic hydroxyl groups is 1. The number of carbonyl (C=O) groups is 2. The van der Waals surface area contributed by atoms with Crippen LogP contribution >= 0.6 is 0 Å². The predicted octanol–water partition coefficient (Wildman–Crippen LogP) is 6.96.